The van der Waals surface area contributed by atoms with Crippen molar-refractivity contribution in [3.05, 3.63) is 66.4 Å². The van der Waals surface area contributed by atoms with Crippen molar-refractivity contribution < 1.29 is 21.6 Å². The summed E-state index contributed by atoms with van der Waals surface area (Å²) in [5.41, 5.74) is -2.17. The number of aromatic nitrogens is 3. The summed E-state index contributed by atoms with van der Waals surface area (Å²) in [6.07, 6.45) is 10.8. The molecule has 1 aromatic carbocycles. The first-order valence-corrected chi connectivity index (χ1v) is 14.0. The predicted octanol–water partition coefficient (Wildman–Crippen LogP) is 5.48. The number of halogens is 3. The monoisotopic (exact) mass is 533 g/mol. The smallest absolute Gasteiger partial charge is 0.361 e. The molecule has 3 heterocycles. The first kappa shape index (κ1) is 25.7. The van der Waals surface area contributed by atoms with Crippen molar-refractivity contribution in [2.45, 2.75) is 63.2 Å². The fourth-order valence-corrected chi connectivity index (χ4v) is 6.58. The minimum atomic E-state index is -5.55. The zero-order valence-electron chi connectivity index (χ0n) is 20.4. The van der Waals surface area contributed by atoms with E-state index in [2.05, 4.69) is 19.9 Å². The number of sulfonamides is 1. The summed E-state index contributed by atoms with van der Waals surface area (Å²) in [6.45, 7) is -0.268. The van der Waals surface area contributed by atoms with E-state index in [0.29, 0.717) is 45.7 Å². The number of hydrogen-bond acceptors (Lipinski definition) is 5. The van der Waals surface area contributed by atoms with Crippen LogP contribution in [0.25, 0.3) is 11.3 Å². The first-order valence-electron chi connectivity index (χ1n) is 12.6. The Morgan fingerprint density at radius 1 is 1.05 bits per heavy atom. The number of pyridine rings is 1. The maximum absolute atomic E-state index is 13.8. The third-order valence-electron chi connectivity index (χ3n) is 7.50. The van der Waals surface area contributed by atoms with Crippen molar-refractivity contribution in [2.75, 3.05) is 11.4 Å². The fourth-order valence-electron chi connectivity index (χ4n) is 5.62. The van der Waals surface area contributed by atoms with Gasteiger partial charge in [-0.1, -0.05) is 43.9 Å². The van der Waals surface area contributed by atoms with E-state index in [4.69, 9.17) is 0 Å². The molecule has 0 unspecified atom stereocenters. The largest absolute Gasteiger partial charge is 0.511 e. The minimum absolute atomic E-state index is 0.251. The Kier molecular flexibility index (Phi) is 7.26. The fraction of sp³-hybridized carbons (Fsp3) is 0.462. The van der Waals surface area contributed by atoms with Gasteiger partial charge >= 0.3 is 15.5 Å². The van der Waals surface area contributed by atoms with Gasteiger partial charge in [0.25, 0.3) is 0 Å². The van der Waals surface area contributed by atoms with E-state index in [0.717, 1.165) is 37.8 Å². The molecule has 198 valence electrons. The topological polar surface area (TPSA) is 82.2 Å². The van der Waals surface area contributed by atoms with Crippen molar-refractivity contribution in [2.24, 2.45) is 5.92 Å². The number of aromatic amines is 1. The van der Waals surface area contributed by atoms with Gasteiger partial charge in [-0.05, 0) is 37.0 Å². The van der Waals surface area contributed by atoms with Crippen LogP contribution in [0.2, 0.25) is 0 Å². The number of nitrogens with zero attached hydrogens (tertiary/aromatic N) is 4. The highest BCUT2D eigenvalue weighted by Crippen LogP contribution is 2.40. The van der Waals surface area contributed by atoms with Gasteiger partial charge in [0.2, 0.25) is 0 Å². The van der Waals surface area contributed by atoms with Crippen LogP contribution in [0, 0.1) is 5.92 Å². The van der Waals surface area contributed by atoms with E-state index in [1.807, 2.05) is 12.1 Å². The second-order valence-corrected chi connectivity index (χ2v) is 11.8. The molecule has 2 aliphatic rings. The number of anilines is 1. The second-order valence-electron chi connectivity index (χ2n) is 9.85. The highest BCUT2D eigenvalue weighted by atomic mass is 32.2. The summed E-state index contributed by atoms with van der Waals surface area (Å²) < 4.78 is 67.7. The van der Waals surface area contributed by atoms with Crippen LogP contribution in [0.15, 0.2) is 55.1 Å². The number of imidazole rings is 1. The lowest BCUT2D eigenvalue weighted by atomic mass is 9.96. The zero-order chi connectivity index (χ0) is 26.0. The molecule has 7 nitrogen and oxygen atoms in total. The second kappa shape index (κ2) is 10.4. The number of H-pyrrole nitrogens is 1. The first-order chi connectivity index (χ1) is 17.7. The molecule has 2 aromatic heterocycles. The molecule has 0 amide bonds. The molecule has 0 radical (unpaired) electrons. The van der Waals surface area contributed by atoms with Gasteiger partial charge in [-0.25, -0.2) is 13.4 Å². The normalized spacial score (nSPS) is 19.6. The van der Waals surface area contributed by atoms with E-state index >= 15 is 0 Å². The molecule has 5 rings (SSSR count). The quantitative estimate of drug-likeness (QED) is 0.435. The van der Waals surface area contributed by atoms with Crippen LogP contribution >= 0.6 is 0 Å². The zero-order valence-corrected chi connectivity index (χ0v) is 21.2. The standard InChI is InChI=1S/C26H30F3N5O2S/c27-26(28,29)37(35,36)33-16-21(12-11-19-6-1-2-7-19)34(15-20-14-30-18-32-20)25-10-5-8-22(23(25)17-33)24-9-3-4-13-31-24/h3-5,8-10,13-14,18-19,21H,1-2,6-7,11-12,15-17H2,(H,30,32)/t21-/m0/s1. The van der Waals surface area contributed by atoms with Crippen molar-refractivity contribution >= 4 is 15.7 Å². The number of fused-ring (bicyclic) bond motifs is 1. The summed E-state index contributed by atoms with van der Waals surface area (Å²) in [4.78, 5) is 13.7. The van der Waals surface area contributed by atoms with Gasteiger partial charge in [-0.3, -0.25) is 4.98 Å². The molecule has 1 aliphatic heterocycles. The Balaban J connectivity index is 1.63. The molecule has 3 aromatic rings. The van der Waals surface area contributed by atoms with Gasteiger partial charge < -0.3 is 9.88 Å². The lowest BCUT2D eigenvalue weighted by molar-refractivity contribution is -0.0492. The number of benzene rings is 1. The van der Waals surface area contributed by atoms with Gasteiger partial charge in [0.05, 0.1) is 24.3 Å². The van der Waals surface area contributed by atoms with Gasteiger partial charge in [-0.15, -0.1) is 0 Å². The Labute approximate surface area is 214 Å². The number of nitrogens with one attached hydrogen (secondary N) is 1. The molecule has 0 saturated heterocycles. The molecular formula is C26H30F3N5O2S. The van der Waals surface area contributed by atoms with Crippen LogP contribution in [0.5, 0.6) is 0 Å². The van der Waals surface area contributed by atoms with Gasteiger partial charge in [-0.2, -0.15) is 17.5 Å². The SMILES string of the molecule is O=S(=O)(N1Cc2c(-c3ccccn3)cccc2N(Cc2cnc[nH]2)[C@@H](CCC2CCCC2)C1)C(F)(F)F. The van der Waals surface area contributed by atoms with E-state index < -0.39 is 21.6 Å². The maximum Gasteiger partial charge on any atom is 0.511 e. The summed E-state index contributed by atoms with van der Waals surface area (Å²) >= 11 is 0. The number of hydrogen-bond donors (Lipinski definition) is 1. The molecule has 11 heteroatoms. The van der Waals surface area contributed by atoms with Crippen molar-refractivity contribution in [1.82, 2.24) is 19.3 Å². The summed E-state index contributed by atoms with van der Waals surface area (Å²) in [7, 11) is -5.55. The average molecular weight is 534 g/mol. The molecule has 0 spiro atoms. The van der Waals surface area contributed by atoms with Crippen LogP contribution in [-0.4, -0.2) is 45.8 Å². The minimum Gasteiger partial charge on any atom is -0.361 e. The Morgan fingerprint density at radius 3 is 2.54 bits per heavy atom. The lowest BCUT2D eigenvalue weighted by Crippen LogP contribution is -2.47. The summed E-state index contributed by atoms with van der Waals surface area (Å²) in [5, 5.41) is 0. The molecule has 1 N–H and O–H groups in total. The van der Waals surface area contributed by atoms with Crippen LogP contribution in [0.3, 0.4) is 0 Å². The van der Waals surface area contributed by atoms with Gasteiger partial charge in [0.1, 0.15) is 0 Å². The Hall–Kier alpha value is -2.92. The molecule has 0 bridgehead atoms. The maximum atomic E-state index is 13.8. The highest BCUT2D eigenvalue weighted by molar-refractivity contribution is 7.89. The Bertz CT molecular complexity index is 1290. The van der Waals surface area contributed by atoms with Crippen LogP contribution in [0.1, 0.15) is 49.8 Å². The van der Waals surface area contributed by atoms with E-state index in [1.165, 1.54) is 0 Å². The molecule has 1 saturated carbocycles. The average Bonchev–Trinajstić information content (AvgIpc) is 3.56. The van der Waals surface area contributed by atoms with Crippen molar-refractivity contribution in [3.8, 4) is 11.3 Å². The third-order valence-corrected chi connectivity index (χ3v) is 9.05. The van der Waals surface area contributed by atoms with Gasteiger partial charge in [0, 0.05) is 48.3 Å². The third kappa shape index (κ3) is 5.38. The van der Waals surface area contributed by atoms with E-state index in [1.54, 1.807) is 43.0 Å². The van der Waals surface area contributed by atoms with Crippen molar-refractivity contribution in [3.63, 3.8) is 0 Å². The summed E-state index contributed by atoms with van der Waals surface area (Å²) in [6, 6.07) is 10.4. The highest BCUT2D eigenvalue weighted by Gasteiger charge is 2.51. The van der Waals surface area contributed by atoms with Crippen LogP contribution in [-0.2, 0) is 23.1 Å². The van der Waals surface area contributed by atoms with Crippen molar-refractivity contribution in [1.29, 1.82) is 0 Å². The molecular weight excluding hydrogens is 503 g/mol. The Morgan fingerprint density at radius 2 is 1.86 bits per heavy atom. The van der Waals surface area contributed by atoms with Gasteiger partial charge in [0.15, 0.2) is 0 Å². The number of rotatable bonds is 7. The lowest BCUT2D eigenvalue weighted by Gasteiger charge is -2.34. The molecule has 1 atom stereocenters. The van der Waals surface area contributed by atoms with Crippen LogP contribution < -0.4 is 4.90 Å². The summed E-state index contributed by atoms with van der Waals surface area (Å²) in [5.74, 6) is 0.518. The molecule has 37 heavy (non-hydrogen) atoms. The van der Waals surface area contributed by atoms with E-state index in [9.17, 15) is 21.6 Å². The van der Waals surface area contributed by atoms with Crippen LogP contribution in [0.4, 0.5) is 18.9 Å². The van der Waals surface area contributed by atoms with E-state index in [-0.39, 0.29) is 13.1 Å². The molecule has 1 fully saturated rings. The molecule has 1 aliphatic carbocycles. The number of alkyl halides is 3. The predicted molar refractivity (Wildman–Crippen MR) is 135 cm³/mol.